The van der Waals surface area contributed by atoms with Crippen LogP contribution in [0.5, 0.6) is 0 Å². The third-order valence-electron chi connectivity index (χ3n) is 5.30. The van der Waals surface area contributed by atoms with Crippen LogP contribution in [0, 0.1) is 0 Å². The molecule has 0 radical (unpaired) electrons. The maximum absolute atomic E-state index is 6.14. The minimum absolute atomic E-state index is 0.524. The average Bonchev–Trinajstić information content (AvgIpc) is 3.18. The Hall–Kier alpha value is -1.47. The van der Waals surface area contributed by atoms with Crippen molar-refractivity contribution in [3.05, 3.63) is 22.1 Å². The molecular weight excluding hydrogens is 368 g/mol. The summed E-state index contributed by atoms with van der Waals surface area (Å²) in [4.78, 5) is 13.5. The average molecular weight is 393 g/mol. The SMILES string of the molecule is CCc1nc(Cl)cc(N2CCN(c3nnc(C4CCCCC4)s3)CC2)n1. The number of nitrogens with zero attached hydrogens (tertiary/aromatic N) is 6. The van der Waals surface area contributed by atoms with Gasteiger partial charge in [-0.1, -0.05) is 49.1 Å². The van der Waals surface area contributed by atoms with E-state index in [-0.39, 0.29) is 0 Å². The number of piperazine rings is 1. The maximum Gasteiger partial charge on any atom is 0.208 e. The van der Waals surface area contributed by atoms with Crippen LogP contribution in [0.25, 0.3) is 0 Å². The van der Waals surface area contributed by atoms with Gasteiger partial charge >= 0.3 is 0 Å². The molecule has 8 heteroatoms. The topological polar surface area (TPSA) is 58.0 Å². The minimum Gasteiger partial charge on any atom is -0.353 e. The standard InChI is InChI=1S/C18H25ClN6S/c1-2-15-20-14(19)12-16(21-15)24-8-10-25(11-9-24)18-23-22-17(26-18)13-6-4-3-5-7-13/h12-13H,2-11H2,1H3. The summed E-state index contributed by atoms with van der Waals surface area (Å²) >= 11 is 7.93. The molecule has 3 heterocycles. The van der Waals surface area contributed by atoms with E-state index < -0.39 is 0 Å². The summed E-state index contributed by atoms with van der Waals surface area (Å²) < 4.78 is 0. The number of hydrogen-bond acceptors (Lipinski definition) is 7. The van der Waals surface area contributed by atoms with Crippen molar-refractivity contribution in [1.82, 2.24) is 20.2 Å². The van der Waals surface area contributed by atoms with Crippen LogP contribution in [0.15, 0.2) is 6.07 Å². The van der Waals surface area contributed by atoms with Crippen LogP contribution >= 0.6 is 22.9 Å². The zero-order chi connectivity index (χ0) is 17.9. The van der Waals surface area contributed by atoms with Crippen molar-refractivity contribution < 1.29 is 0 Å². The van der Waals surface area contributed by atoms with E-state index in [1.807, 2.05) is 13.0 Å². The van der Waals surface area contributed by atoms with Gasteiger partial charge in [0.15, 0.2) is 0 Å². The molecule has 140 valence electrons. The van der Waals surface area contributed by atoms with Crippen LogP contribution in [0.1, 0.15) is 55.8 Å². The Labute approximate surface area is 163 Å². The van der Waals surface area contributed by atoms with E-state index >= 15 is 0 Å². The van der Waals surface area contributed by atoms with Crippen molar-refractivity contribution in [2.75, 3.05) is 36.0 Å². The lowest BCUT2D eigenvalue weighted by molar-refractivity contribution is 0.440. The van der Waals surface area contributed by atoms with Crippen molar-refractivity contribution in [2.45, 2.75) is 51.4 Å². The Morgan fingerprint density at radius 2 is 1.77 bits per heavy atom. The van der Waals surface area contributed by atoms with Crippen LogP contribution < -0.4 is 9.80 Å². The van der Waals surface area contributed by atoms with Gasteiger partial charge in [0.05, 0.1) is 0 Å². The molecule has 4 rings (SSSR count). The molecular formula is C18H25ClN6S. The van der Waals surface area contributed by atoms with Crippen molar-refractivity contribution in [1.29, 1.82) is 0 Å². The highest BCUT2D eigenvalue weighted by atomic mass is 35.5. The summed E-state index contributed by atoms with van der Waals surface area (Å²) in [5.74, 6) is 2.37. The molecule has 0 spiro atoms. The van der Waals surface area contributed by atoms with Gasteiger partial charge in [-0.15, -0.1) is 10.2 Å². The smallest absolute Gasteiger partial charge is 0.208 e. The molecule has 0 atom stereocenters. The van der Waals surface area contributed by atoms with Gasteiger partial charge in [0.1, 0.15) is 21.8 Å². The lowest BCUT2D eigenvalue weighted by atomic mass is 9.90. The van der Waals surface area contributed by atoms with Gasteiger partial charge in [0.2, 0.25) is 5.13 Å². The second-order valence-corrected chi connectivity index (χ2v) is 8.43. The van der Waals surface area contributed by atoms with Crippen molar-refractivity contribution in [2.24, 2.45) is 0 Å². The Morgan fingerprint density at radius 3 is 2.50 bits per heavy atom. The summed E-state index contributed by atoms with van der Waals surface area (Å²) in [6, 6.07) is 1.86. The first-order valence-electron chi connectivity index (χ1n) is 9.59. The summed E-state index contributed by atoms with van der Waals surface area (Å²) in [6.45, 7) is 5.74. The Bertz CT molecular complexity index is 737. The van der Waals surface area contributed by atoms with Crippen LogP contribution in [-0.4, -0.2) is 46.3 Å². The third-order valence-corrected chi connectivity index (χ3v) is 6.64. The highest BCUT2D eigenvalue weighted by Gasteiger charge is 2.24. The first-order valence-corrected chi connectivity index (χ1v) is 10.8. The molecule has 26 heavy (non-hydrogen) atoms. The fourth-order valence-electron chi connectivity index (χ4n) is 3.77. The van der Waals surface area contributed by atoms with E-state index in [0.717, 1.165) is 49.4 Å². The molecule has 0 aromatic carbocycles. The minimum atomic E-state index is 0.524. The zero-order valence-corrected chi connectivity index (χ0v) is 16.8. The Balaban J connectivity index is 1.39. The van der Waals surface area contributed by atoms with Gasteiger partial charge in [0, 0.05) is 44.6 Å². The van der Waals surface area contributed by atoms with E-state index in [1.54, 1.807) is 11.3 Å². The van der Waals surface area contributed by atoms with E-state index in [0.29, 0.717) is 11.1 Å². The molecule has 0 amide bonds. The van der Waals surface area contributed by atoms with E-state index in [9.17, 15) is 0 Å². The first kappa shape index (κ1) is 17.9. The summed E-state index contributed by atoms with van der Waals surface area (Å²) in [5.41, 5.74) is 0. The van der Waals surface area contributed by atoms with Gasteiger partial charge in [-0.2, -0.15) is 0 Å². The number of rotatable bonds is 4. The largest absolute Gasteiger partial charge is 0.353 e. The summed E-state index contributed by atoms with van der Waals surface area (Å²) in [5, 5.41) is 11.8. The van der Waals surface area contributed by atoms with E-state index in [1.165, 1.54) is 37.1 Å². The van der Waals surface area contributed by atoms with Gasteiger partial charge in [-0.25, -0.2) is 9.97 Å². The van der Waals surface area contributed by atoms with Crippen LogP contribution in [-0.2, 0) is 6.42 Å². The normalized spacial score (nSPS) is 19.2. The molecule has 2 fully saturated rings. The van der Waals surface area contributed by atoms with Crippen LogP contribution in [0.3, 0.4) is 0 Å². The number of anilines is 2. The van der Waals surface area contributed by atoms with Crippen molar-refractivity contribution in [3.63, 3.8) is 0 Å². The number of aromatic nitrogens is 4. The molecule has 1 aliphatic heterocycles. The monoisotopic (exact) mass is 392 g/mol. The van der Waals surface area contributed by atoms with Crippen LogP contribution in [0.4, 0.5) is 10.9 Å². The molecule has 1 saturated heterocycles. The first-order chi connectivity index (χ1) is 12.7. The van der Waals surface area contributed by atoms with E-state index in [4.69, 9.17) is 11.6 Å². The molecule has 2 aromatic rings. The molecule has 0 unspecified atom stereocenters. The zero-order valence-electron chi connectivity index (χ0n) is 15.2. The third kappa shape index (κ3) is 3.93. The molecule has 0 bridgehead atoms. The maximum atomic E-state index is 6.14. The Kier molecular flexibility index (Phi) is 5.55. The van der Waals surface area contributed by atoms with Gasteiger partial charge in [-0.3, -0.25) is 0 Å². The highest BCUT2D eigenvalue weighted by molar-refractivity contribution is 7.15. The summed E-state index contributed by atoms with van der Waals surface area (Å²) in [7, 11) is 0. The molecule has 0 N–H and O–H groups in total. The van der Waals surface area contributed by atoms with Crippen LogP contribution in [0.2, 0.25) is 5.15 Å². The second kappa shape index (κ2) is 8.05. The van der Waals surface area contributed by atoms with Crippen molar-refractivity contribution in [3.8, 4) is 0 Å². The van der Waals surface area contributed by atoms with Gasteiger partial charge in [0.25, 0.3) is 0 Å². The lowest BCUT2D eigenvalue weighted by Gasteiger charge is -2.35. The van der Waals surface area contributed by atoms with Gasteiger partial charge in [-0.05, 0) is 12.8 Å². The quantitative estimate of drug-likeness (QED) is 0.735. The molecule has 6 nitrogen and oxygen atoms in total. The fraction of sp³-hybridized carbons (Fsp3) is 0.667. The number of aryl methyl sites for hydroxylation is 1. The van der Waals surface area contributed by atoms with Crippen molar-refractivity contribution >= 4 is 33.9 Å². The number of hydrogen-bond donors (Lipinski definition) is 0. The fourth-order valence-corrected chi connectivity index (χ4v) is 5.03. The lowest BCUT2D eigenvalue weighted by Crippen LogP contribution is -2.47. The predicted octanol–water partition coefficient (Wildman–Crippen LogP) is 3.92. The Morgan fingerprint density at radius 1 is 1.04 bits per heavy atom. The number of halogens is 1. The molecule has 2 aromatic heterocycles. The van der Waals surface area contributed by atoms with Gasteiger partial charge < -0.3 is 9.80 Å². The highest BCUT2D eigenvalue weighted by Crippen LogP contribution is 2.36. The molecule has 2 aliphatic rings. The predicted molar refractivity (Wildman–Crippen MR) is 107 cm³/mol. The molecule has 1 saturated carbocycles. The second-order valence-electron chi connectivity index (χ2n) is 7.05. The molecule has 1 aliphatic carbocycles. The summed E-state index contributed by atoms with van der Waals surface area (Å²) in [6.07, 6.45) is 7.38. The van der Waals surface area contributed by atoms with E-state index in [2.05, 4.69) is 30.0 Å².